The van der Waals surface area contributed by atoms with E-state index in [9.17, 15) is 4.79 Å². The van der Waals surface area contributed by atoms with Crippen LogP contribution in [0.5, 0.6) is 5.75 Å². The van der Waals surface area contributed by atoms with Gasteiger partial charge in [0.15, 0.2) is 5.82 Å². The van der Waals surface area contributed by atoms with Crippen LogP contribution in [0.2, 0.25) is 0 Å². The Balaban J connectivity index is 1.34. The van der Waals surface area contributed by atoms with E-state index < -0.39 is 0 Å². The van der Waals surface area contributed by atoms with E-state index in [0.717, 1.165) is 31.9 Å². The van der Waals surface area contributed by atoms with E-state index >= 15 is 0 Å². The molecular weight excluding hydrogens is 372 g/mol. The van der Waals surface area contributed by atoms with Crippen LogP contribution in [0.4, 0.5) is 17.5 Å². The lowest BCUT2D eigenvalue weighted by Crippen LogP contribution is -2.47. The van der Waals surface area contributed by atoms with Gasteiger partial charge in [-0.1, -0.05) is 5.16 Å². The van der Waals surface area contributed by atoms with Crippen molar-refractivity contribution in [3.8, 4) is 5.75 Å². The molecule has 1 aromatic carbocycles. The summed E-state index contributed by atoms with van der Waals surface area (Å²) >= 11 is 0. The fourth-order valence-corrected chi connectivity index (χ4v) is 3.17. The van der Waals surface area contributed by atoms with Crippen molar-refractivity contribution in [2.45, 2.75) is 6.92 Å². The zero-order valence-corrected chi connectivity index (χ0v) is 16.3. The number of piperazine rings is 1. The molecule has 9 nitrogen and oxygen atoms in total. The highest BCUT2D eigenvalue weighted by Crippen LogP contribution is 2.21. The number of aryl methyl sites for hydroxylation is 1. The van der Waals surface area contributed by atoms with E-state index in [4.69, 9.17) is 9.26 Å². The first-order valence-electron chi connectivity index (χ1n) is 9.33. The van der Waals surface area contributed by atoms with Gasteiger partial charge in [-0.25, -0.2) is 9.97 Å². The third-order valence-electron chi connectivity index (χ3n) is 4.77. The Morgan fingerprint density at radius 3 is 2.31 bits per heavy atom. The molecule has 0 saturated carbocycles. The summed E-state index contributed by atoms with van der Waals surface area (Å²) in [5, 5.41) is 6.40. The summed E-state index contributed by atoms with van der Waals surface area (Å²) in [5.74, 6) is 2.14. The maximum absolute atomic E-state index is 12.3. The number of nitrogens with one attached hydrogen (secondary N) is 1. The predicted molar refractivity (Wildman–Crippen MR) is 109 cm³/mol. The Labute approximate surface area is 168 Å². The summed E-state index contributed by atoms with van der Waals surface area (Å²) in [5.41, 5.74) is 1.53. The van der Waals surface area contributed by atoms with Gasteiger partial charge in [-0.3, -0.25) is 4.79 Å². The van der Waals surface area contributed by atoms with E-state index in [1.165, 1.54) is 18.1 Å². The third-order valence-corrected chi connectivity index (χ3v) is 4.77. The van der Waals surface area contributed by atoms with Crippen LogP contribution >= 0.6 is 0 Å². The van der Waals surface area contributed by atoms with Crippen molar-refractivity contribution in [2.75, 3.05) is 48.4 Å². The standard InChI is InChI=1S/C20H22N6O3/c1-14-11-18(24-29-14)23-19(27)15-12-21-20(22-13-15)26-9-7-25(8-10-26)16-3-5-17(28-2)6-4-16/h3-6,11-13H,7-10H2,1-2H3,(H,23,24,27). The summed E-state index contributed by atoms with van der Waals surface area (Å²) in [6.45, 7) is 5.09. The number of amides is 1. The largest absolute Gasteiger partial charge is 0.497 e. The monoisotopic (exact) mass is 394 g/mol. The number of hydrogen-bond acceptors (Lipinski definition) is 8. The minimum atomic E-state index is -0.325. The highest BCUT2D eigenvalue weighted by atomic mass is 16.5. The van der Waals surface area contributed by atoms with Crippen molar-refractivity contribution in [3.05, 3.63) is 54.0 Å². The van der Waals surface area contributed by atoms with Crippen LogP contribution in [0.15, 0.2) is 47.2 Å². The molecule has 0 spiro atoms. The van der Waals surface area contributed by atoms with Crippen LogP contribution in [0.3, 0.4) is 0 Å². The molecule has 0 unspecified atom stereocenters. The lowest BCUT2D eigenvalue weighted by molar-refractivity contribution is 0.102. The minimum absolute atomic E-state index is 0.325. The molecule has 1 N–H and O–H groups in total. The topological polar surface area (TPSA) is 96.6 Å². The van der Waals surface area contributed by atoms with Crippen molar-refractivity contribution in [1.82, 2.24) is 15.1 Å². The van der Waals surface area contributed by atoms with Gasteiger partial charge in [0.1, 0.15) is 11.5 Å². The van der Waals surface area contributed by atoms with Crippen molar-refractivity contribution >= 4 is 23.4 Å². The van der Waals surface area contributed by atoms with Crippen molar-refractivity contribution in [1.29, 1.82) is 0 Å². The maximum atomic E-state index is 12.3. The minimum Gasteiger partial charge on any atom is -0.497 e. The predicted octanol–water partition coefficient (Wildman–Crippen LogP) is 2.36. The van der Waals surface area contributed by atoms with E-state index in [-0.39, 0.29) is 5.91 Å². The first kappa shape index (κ1) is 18.7. The van der Waals surface area contributed by atoms with E-state index in [0.29, 0.717) is 23.1 Å². The number of ether oxygens (including phenoxy) is 1. The molecule has 3 aromatic rings. The van der Waals surface area contributed by atoms with Crippen LogP contribution in [-0.4, -0.2) is 54.3 Å². The first-order valence-corrected chi connectivity index (χ1v) is 9.33. The molecule has 0 bridgehead atoms. The average Bonchev–Trinajstić information content (AvgIpc) is 3.18. The average molecular weight is 394 g/mol. The summed E-state index contributed by atoms with van der Waals surface area (Å²) in [6.07, 6.45) is 3.06. The molecule has 1 saturated heterocycles. The molecule has 1 fully saturated rings. The number of methoxy groups -OCH3 is 1. The zero-order chi connectivity index (χ0) is 20.2. The molecule has 9 heteroatoms. The molecule has 3 heterocycles. The molecule has 29 heavy (non-hydrogen) atoms. The molecule has 1 aliphatic heterocycles. The molecule has 1 aliphatic rings. The lowest BCUT2D eigenvalue weighted by Gasteiger charge is -2.36. The molecular formula is C20H22N6O3. The summed E-state index contributed by atoms with van der Waals surface area (Å²) in [7, 11) is 1.66. The second-order valence-corrected chi connectivity index (χ2v) is 6.72. The van der Waals surface area contributed by atoms with Gasteiger partial charge in [-0.15, -0.1) is 0 Å². The molecule has 0 radical (unpaired) electrons. The fourth-order valence-electron chi connectivity index (χ4n) is 3.17. The van der Waals surface area contributed by atoms with Gasteiger partial charge >= 0.3 is 0 Å². The molecule has 2 aromatic heterocycles. The number of rotatable bonds is 5. The fraction of sp³-hybridized carbons (Fsp3) is 0.300. The molecule has 4 rings (SSSR count). The Kier molecular flexibility index (Phi) is 5.28. The molecule has 0 aliphatic carbocycles. The first-order chi connectivity index (χ1) is 14.1. The van der Waals surface area contributed by atoms with Gasteiger partial charge in [-0.05, 0) is 31.2 Å². The van der Waals surface area contributed by atoms with E-state index in [2.05, 4.69) is 42.4 Å². The number of aromatic nitrogens is 3. The number of carbonyl (C=O) groups is 1. The van der Waals surface area contributed by atoms with Crippen LogP contribution in [0, 0.1) is 6.92 Å². The normalized spacial score (nSPS) is 14.0. The van der Waals surface area contributed by atoms with E-state index in [1.54, 1.807) is 20.1 Å². The Morgan fingerprint density at radius 1 is 1.07 bits per heavy atom. The van der Waals surface area contributed by atoms with Crippen LogP contribution in [-0.2, 0) is 0 Å². The van der Waals surface area contributed by atoms with Crippen molar-refractivity contribution < 1.29 is 14.1 Å². The summed E-state index contributed by atoms with van der Waals surface area (Å²) in [4.78, 5) is 25.4. The van der Waals surface area contributed by atoms with Gasteiger partial charge in [0, 0.05) is 50.3 Å². The Hall–Kier alpha value is -3.62. The highest BCUT2D eigenvalue weighted by Gasteiger charge is 2.20. The highest BCUT2D eigenvalue weighted by molar-refractivity contribution is 6.03. The number of nitrogens with zero attached hydrogens (tertiary/aromatic N) is 5. The van der Waals surface area contributed by atoms with Gasteiger partial charge in [0.2, 0.25) is 5.95 Å². The smallest absolute Gasteiger partial charge is 0.260 e. The van der Waals surface area contributed by atoms with Crippen LogP contribution < -0.4 is 19.9 Å². The number of hydrogen-bond donors (Lipinski definition) is 1. The summed E-state index contributed by atoms with van der Waals surface area (Å²) < 4.78 is 10.2. The molecule has 150 valence electrons. The quantitative estimate of drug-likeness (QED) is 0.704. The van der Waals surface area contributed by atoms with Crippen molar-refractivity contribution in [3.63, 3.8) is 0 Å². The van der Waals surface area contributed by atoms with Gasteiger partial charge in [0.25, 0.3) is 5.91 Å². The van der Waals surface area contributed by atoms with Crippen LogP contribution in [0.25, 0.3) is 0 Å². The Bertz CT molecular complexity index is 963. The lowest BCUT2D eigenvalue weighted by atomic mass is 10.2. The summed E-state index contributed by atoms with van der Waals surface area (Å²) in [6, 6.07) is 9.71. The zero-order valence-electron chi connectivity index (χ0n) is 16.3. The van der Waals surface area contributed by atoms with Gasteiger partial charge in [-0.2, -0.15) is 0 Å². The number of anilines is 3. The number of benzene rings is 1. The third kappa shape index (κ3) is 4.29. The Morgan fingerprint density at radius 2 is 1.72 bits per heavy atom. The van der Waals surface area contributed by atoms with Crippen molar-refractivity contribution in [2.24, 2.45) is 0 Å². The SMILES string of the molecule is COc1ccc(N2CCN(c3ncc(C(=O)Nc4cc(C)on4)cn3)CC2)cc1. The number of carbonyl (C=O) groups excluding carboxylic acids is 1. The molecule has 1 amide bonds. The second kappa shape index (κ2) is 8.17. The second-order valence-electron chi connectivity index (χ2n) is 6.72. The van der Waals surface area contributed by atoms with Gasteiger partial charge < -0.3 is 24.4 Å². The van der Waals surface area contributed by atoms with Gasteiger partial charge in [0.05, 0.1) is 12.7 Å². The maximum Gasteiger partial charge on any atom is 0.260 e. The van der Waals surface area contributed by atoms with Crippen LogP contribution in [0.1, 0.15) is 16.1 Å². The molecule has 0 atom stereocenters. The van der Waals surface area contributed by atoms with E-state index in [1.807, 2.05) is 12.1 Å².